The first-order valence-electron chi connectivity index (χ1n) is 8.60. The summed E-state index contributed by atoms with van der Waals surface area (Å²) in [7, 11) is 0. The molecular formula is C21H12Cl2N2O2S3. The Bertz CT molecular complexity index is 1170. The fourth-order valence-corrected chi connectivity index (χ4v) is 5.26. The lowest BCUT2D eigenvalue weighted by Crippen LogP contribution is -2.54. The molecule has 0 saturated carbocycles. The van der Waals surface area contributed by atoms with E-state index >= 15 is 0 Å². The van der Waals surface area contributed by atoms with E-state index in [0.717, 1.165) is 14.7 Å². The quantitative estimate of drug-likeness (QED) is 0.275. The van der Waals surface area contributed by atoms with Crippen LogP contribution in [0.15, 0.2) is 74.7 Å². The van der Waals surface area contributed by atoms with Crippen molar-refractivity contribution in [3.8, 4) is 0 Å². The highest BCUT2D eigenvalue weighted by Gasteiger charge is 2.34. The molecular weight excluding hydrogens is 479 g/mol. The van der Waals surface area contributed by atoms with Crippen molar-refractivity contribution in [2.45, 2.75) is 9.10 Å². The van der Waals surface area contributed by atoms with Crippen LogP contribution >= 0.6 is 58.5 Å². The first-order valence-corrected chi connectivity index (χ1v) is 11.5. The van der Waals surface area contributed by atoms with Crippen molar-refractivity contribution in [2.75, 3.05) is 4.90 Å². The summed E-state index contributed by atoms with van der Waals surface area (Å²) in [4.78, 5) is 27.9. The molecule has 0 bridgehead atoms. The van der Waals surface area contributed by atoms with Gasteiger partial charge in [0.05, 0.1) is 9.90 Å². The molecule has 1 N–H and O–H groups in total. The number of benzene rings is 2. The third-order valence-corrected chi connectivity index (χ3v) is 7.15. The fourth-order valence-electron chi connectivity index (χ4n) is 2.74. The van der Waals surface area contributed by atoms with Crippen LogP contribution in [0.2, 0.25) is 10.0 Å². The predicted molar refractivity (Wildman–Crippen MR) is 128 cm³/mol. The second kappa shape index (κ2) is 8.91. The van der Waals surface area contributed by atoms with Gasteiger partial charge in [0.1, 0.15) is 5.57 Å². The largest absolute Gasteiger partial charge is 0.298 e. The van der Waals surface area contributed by atoms with Crippen molar-refractivity contribution >= 4 is 87.2 Å². The van der Waals surface area contributed by atoms with Gasteiger partial charge >= 0.3 is 0 Å². The minimum Gasteiger partial charge on any atom is -0.298 e. The normalized spacial score (nSPS) is 15.6. The Kier molecular flexibility index (Phi) is 6.26. The van der Waals surface area contributed by atoms with Crippen molar-refractivity contribution in [2.24, 2.45) is 0 Å². The molecule has 1 aliphatic heterocycles. The zero-order valence-electron chi connectivity index (χ0n) is 15.1. The standard InChI is InChI=1S/C21H12Cl2N2O2S3/c22-13-1-5-15(6-2-13)25-19(27)17(18(26)24-21(25)28)11-12-9-10-29-20(12)30-16-7-3-14(23)4-8-16/h1-11H,(H,24,26,28). The number of nitrogens with zero attached hydrogens (tertiary/aromatic N) is 1. The first kappa shape index (κ1) is 21.1. The molecule has 0 unspecified atom stereocenters. The number of amides is 2. The number of hydrogen-bond acceptors (Lipinski definition) is 5. The van der Waals surface area contributed by atoms with Crippen molar-refractivity contribution < 1.29 is 9.59 Å². The smallest absolute Gasteiger partial charge is 0.270 e. The van der Waals surface area contributed by atoms with E-state index in [0.29, 0.717) is 15.7 Å². The third kappa shape index (κ3) is 4.45. The molecule has 2 amide bonds. The highest BCUT2D eigenvalue weighted by molar-refractivity contribution is 8.01. The van der Waals surface area contributed by atoms with Gasteiger partial charge in [0, 0.05) is 20.5 Å². The molecule has 1 aromatic heterocycles. The summed E-state index contributed by atoms with van der Waals surface area (Å²) in [5.41, 5.74) is 1.32. The van der Waals surface area contributed by atoms with E-state index in [1.165, 1.54) is 28.0 Å². The summed E-state index contributed by atoms with van der Waals surface area (Å²) < 4.78 is 0.955. The molecule has 0 spiro atoms. The SMILES string of the molecule is O=C1NC(=S)N(c2ccc(Cl)cc2)C(=O)C1=Cc1ccsc1Sc1ccc(Cl)cc1. The number of hydrogen-bond donors (Lipinski definition) is 1. The van der Waals surface area contributed by atoms with Crippen LogP contribution in [0, 0.1) is 0 Å². The average Bonchev–Trinajstić information content (AvgIpc) is 3.15. The number of halogens is 2. The van der Waals surface area contributed by atoms with Crippen LogP contribution in [0.1, 0.15) is 5.56 Å². The third-order valence-electron chi connectivity index (χ3n) is 4.17. The molecule has 30 heavy (non-hydrogen) atoms. The maximum Gasteiger partial charge on any atom is 0.270 e. The Balaban J connectivity index is 1.66. The van der Waals surface area contributed by atoms with Gasteiger partial charge < -0.3 is 0 Å². The molecule has 2 heterocycles. The number of nitrogens with one attached hydrogen (secondary N) is 1. The zero-order chi connectivity index (χ0) is 21.3. The molecule has 0 radical (unpaired) electrons. The number of carbonyl (C=O) groups is 2. The maximum atomic E-state index is 13.1. The maximum absolute atomic E-state index is 13.1. The number of thiophene rings is 1. The number of anilines is 1. The topological polar surface area (TPSA) is 49.4 Å². The van der Waals surface area contributed by atoms with Gasteiger partial charge in [-0.05, 0) is 78.3 Å². The monoisotopic (exact) mass is 490 g/mol. The minimum atomic E-state index is -0.524. The van der Waals surface area contributed by atoms with Gasteiger partial charge in [-0.1, -0.05) is 35.0 Å². The Hall–Kier alpha value is -2.16. The van der Waals surface area contributed by atoms with Gasteiger partial charge in [-0.3, -0.25) is 19.8 Å². The molecule has 4 nitrogen and oxygen atoms in total. The molecule has 9 heteroatoms. The average molecular weight is 491 g/mol. The Morgan fingerprint density at radius 2 is 1.60 bits per heavy atom. The molecule has 150 valence electrons. The number of thiocarbonyl (C=S) groups is 1. The van der Waals surface area contributed by atoms with Crippen molar-refractivity contribution in [1.29, 1.82) is 0 Å². The summed E-state index contributed by atoms with van der Waals surface area (Å²) in [6, 6.07) is 16.0. The van der Waals surface area contributed by atoms with Gasteiger partial charge in [0.25, 0.3) is 11.8 Å². The molecule has 3 aromatic rings. The van der Waals surface area contributed by atoms with Crippen LogP contribution in [0.25, 0.3) is 6.08 Å². The van der Waals surface area contributed by atoms with Crippen LogP contribution in [-0.2, 0) is 9.59 Å². The van der Waals surface area contributed by atoms with Gasteiger partial charge in [-0.2, -0.15) is 0 Å². The van der Waals surface area contributed by atoms with Gasteiger partial charge in [0.2, 0.25) is 0 Å². The van der Waals surface area contributed by atoms with Gasteiger partial charge in [-0.15, -0.1) is 11.3 Å². The van der Waals surface area contributed by atoms with Crippen LogP contribution in [0.5, 0.6) is 0 Å². The summed E-state index contributed by atoms with van der Waals surface area (Å²) >= 11 is 20.2. The van der Waals surface area contributed by atoms with Crippen LogP contribution < -0.4 is 10.2 Å². The predicted octanol–water partition coefficient (Wildman–Crippen LogP) is 6.04. The van der Waals surface area contributed by atoms with Crippen molar-refractivity contribution in [3.05, 3.63) is 81.2 Å². The van der Waals surface area contributed by atoms with E-state index in [1.54, 1.807) is 30.3 Å². The molecule has 4 rings (SSSR count). The van der Waals surface area contributed by atoms with Crippen LogP contribution in [0.4, 0.5) is 5.69 Å². The zero-order valence-corrected chi connectivity index (χ0v) is 19.1. The highest BCUT2D eigenvalue weighted by Crippen LogP contribution is 2.36. The van der Waals surface area contributed by atoms with Crippen LogP contribution in [0.3, 0.4) is 0 Å². The van der Waals surface area contributed by atoms with Crippen molar-refractivity contribution in [3.63, 3.8) is 0 Å². The lowest BCUT2D eigenvalue weighted by Gasteiger charge is -2.28. The van der Waals surface area contributed by atoms with E-state index in [9.17, 15) is 9.59 Å². The highest BCUT2D eigenvalue weighted by atomic mass is 35.5. The Morgan fingerprint density at radius 1 is 0.967 bits per heavy atom. The Morgan fingerprint density at radius 3 is 2.27 bits per heavy atom. The Labute approximate surface area is 196 Å². The fraction of sp³-hybridized carbons (Fsp3) is 0. The lowest BCUT2D eigenvalue weighted by molar-refractivity contribution is -0.122. The molecule has 0 atom stereocenters. The molecule has 1 aliphatic rings. The van der Waals surface area contributed by atoms with Crippen LogP contribution in [-0.4, -0.2) is 16.9 Å². The van der Waals surface area contributed by atoms with E-state index < -0.39 is 11.8 Å². The summed E-state index contributed by atoms with van der Waals surface area (Å²) in [5, 5.41) is 5.74. The van der Waals surface area contributed by atoms with Crippen molar-refractivity contribution in [1.82, 2.24) is 5.32 Å². The second-order valence-corrected chi connectivity index (χ2v) is 9.67. The first-order chi connectivity index (χ1) is 14.4. The molecule has 1 saturated heterocycles. The molecule has 0 aliphatic carbocycles. The van der Waals surface area contributed by atoms with E-state index in [2.05, 4.69) is 5.32 Å². The van der Waals surface area contributed by atoms with Gasteiger partial charge in [-0.25, -0.2) is 0 Å². The summed E-state index contributed by atoms with van der Waals surface area (Å²) in [5.74, 6) is -1.01. The number of rotatable bonds is 4. The minimum absolute atomic E-state index is 0.00917. The van der Waals surface area contributed by atoms with Gasteiger partial charge in [0.15, 0.2) is 5.11 Å². The van der Waals surface area contributed by atoms with E-state index in [-0.39, 0.29) is 10.7 Å². The lowest BCUT2D eigenvalue weighted by atomic mass is 10.1. The van der Waals surface area contributed by atoms with E-state index in [1.807, 2.05) is 35.7 Å². The summed E-state index contributed by atoms with van der Waals surface area (Å²) in [6.45, 7) is 0. The molecule has 2 aromatic carbocycles. The van der Waals surface area contributed by atoms with E-state index in [4.69, 9.17) is 35.4 Å². The number of carbonyl (C=O) groups excluding carboxylic acids is 2. The second-order valence-electron chi connectivity index (χ2n) is 6.15. The molecule has 1 fully saturated rings. The summed E-state index contributed by atoms with van der Waals surface area (Å²) in [6.07, 6.45) is 1.59.